The standard InChI is InChI=1S/C24H44/c1-2-5-9-13-17-21-24(20-16-12-8-4-1)22-18-14-10-6-3-7-11-15-19-23-24/h16,20H,1-15,17-19,21-23H2. The maximum absolute atomic E-state index is 2.72. The van der Waals surface area contributed by atoms with Gasteiger partial charge >= 0.3 is 0 Å². The second-order valence-electron chi connectivity index (χ2n) is 8.81. The highest BCUT2D eigenvalue weighted by molar-refractivity contribution is 5.00. The van der Waals surface area contributed by atoms with Crippen LogP contribution in [0.3, 0.4) is 0 Å². The van der Waals surface area contributed by atoms with Gasteiger partial charge in [-0.25, -0.2) is 0 Å². The number of rotatable bonds is 0. The van der Waals surface area contributed by atoms with Gasteiger partial charge in [-0.3, -0.25) is 0 Å². The maximum Gasteiger partial charge on any atom is -0.0118 e. The van der Waals surface area contributed by atoms with Gasteiger partial charge in [0.25, 0.3) is 0 Å². The minimum absolute atomic E-state index is 0.563. The highest BCUT2D eigenvalue weighted by atomic mass is 14.3. The molecule has 0 bridgehead atoms. The molecule has 1 spiro atoms. The van der Waals surface area contributed by atoms with E-state index in [-0.39, 0.29) is 0 Å². The fourth-order valence-electron chi connectivity index (χ4n) is 4.95. The van der Waals surface area contributed by atoms with Gasteiger partial charge in [0.05, 0.1) is 0 Å². The fourth-order valence-corrected chi connectivity index (χ4v) is 4.95. The van der Waals surface area contributed by atoms with Gasteiger partial charge in [-0.2, -0.15) is 0 Å². The third-order valence-corrected chi connectivity index (χ3v) is 6.62. The van der Waals surface area contributed by atoms with Crippen molar-refractivity contribution in [3.63, 3.8) is 0 Å². The first-order chi connectivity index (χ1) is 11.9. The molecule has 0 amide bonds. The Morgan fingerprint density at radius 3 is 1.12 bits per heavy atom. The van der Waals surface area contributed by atoms with Gasteiger partial charge in [0.1, 0.15) is 0 Å². The van der Waals surface area contributed by atoms with E-state index in [9.17, 15) is 0 Å². The SMILES string of the molecule is C1=CC2(CCCCCCCCCC1)CCCCCCCCCCC2. The first-order valence-electron chi connectivity index (χ1n) is 11.6. The Labute approximate surface area is 152 Å². The summed E-state index contributed by atoms with van der Waals surface area (Å²) in [5.74, 6) is 0. The Hall–Kier alpha value is -0.260. The summed E-state index contributed by atoms with van der Waals surface area (Å²) in [4.78, 5) is 0. The zero-order chi connectivity index (χ0) is 16.8. The Kier molecular flexibility index (Phi) is 10.9. The Bertz CT molecular complexity index is 302. The quantitative estimate of drug-likeness (QED) is 0.389. The molecule has 2 aliphatic carbocycles. The molecule has 0 aromatic rings. The van der Waals surface area contributed by atoms with E-state index in [1.54, 1.807) is 0 Å². The van der Waals surface area contributed by atoms with E-state index in [1.807, 2.05) is 0 Å². The van der Waals surface area contributed by atoms with Crippen molar-refractivity contribution in [3.05, 3.63) is 12.2 Å². The molecule has 1 fully saturated rings. The minimum Gasteiger partial charge on any atom is -0.0880 e. The highest BCUT2D eigenvalue weighted by Gasteiger charge is 2.25. The van der Waals surface area contributed by atoms with Crippen LogP contribution in [0.15, 0.2) is 12.2 Å². The van der Waals surface area contributed by atoms with Crippen LogP contribution in [-0.2, 0) is 0 Å². The first-order valence-corrected chi connectivity index (χ1v) is 11.6. The van der Waals surface area contributed by atoms with Crippen molar-refractivity contribution in [2.24, 2.45) is 5.41 Å². The van der Waals surface area contributed by atoms with Crippen LogP contribution in [0.1, 0.15) is 135 Å². The molecule has 0 heteroatoms. The van der Waals surface area contributed by atoms with Crippen LogP contribution < -0.4 is 0 Å². The van der Waals surface area contributed by atoms with Crippen LogP contribution >= 0.6 is 0 Å². The zero-order valence-corrected chi connectivity index (χ0v) is 16.5. The van der Waals surface area contributed by atoms with E-state index in [1.165, 1.54) is 135 Å². The van der Waals surface area contributed by atoms with E-state index in [0.29, 0.717) is 5.41 Å². The molecular formula is C24H44. The maximum atomic E-state index is 2.72. The number of hydrogen-bond acceptors (Lipinski definition) is 0. The predicted octanol–water partition coefficient (Wildman–Crippen LogP) is 8.75. The predicted molar refractivity (Wildman–Crippen MR) is 109 cm³/mol. The van der Waals surface area contributed by atoms with Crippen LogP contribution in [0.4, 0.5) is 0 Å². The van der Waals surface area contributed by atoms with Crippen molar-refractivity contribution >= 4 is 0 Å². The number of hydrogen-bond donors (Lipinski definition) is 0. The molecule has 24 heavy (non-hydrogen) atoms. The number of allylic oxidation sites excluding steroid dienone is 2. The topological polar surface area (TPSA) is 0 Å². The summed E-state index contributed by atoms with van der Waals surface area (Å²) in [6.07, 6.45) is 36.2. The minimum atomic E-state index is 0.563. The second kappa shape index (κ2) is 13.0. The normalized spacial score (nSPS) is 26.3. The van der Waals surface area contributed by atoms with Crippen LogP contribution in [0.5, 0.6) is 0 Å². The summed E-state index contributed by atoms with van der Waals surface area (Å²) in [7, 11) is 0. The molecule has 1 saturated carbocycles. The van der Waals surface area contributed by atoms with E-state index < -0.39 is 0 Å². The summed E-state index contributed by atoms with van der Waals surface area (Å²) in [5, 5.41) is 0. The molecule has 0 N–H and O–H groups in total. The molecule has 0 aromatic heterocycles. The van der Waals surface area contributed by atoms with Crippen molar-refractivity contribution in [1.29, 1.82) is 0 Å². The van der Waals surface area contributed by atoms with Crippen molar-refractivity contribution in [1.82, 2.24) is 0 Å². The molecule has 0 radical (unpaired) electrons. The van der Waals surface area contributed by atoms with Crippen LogP contribution in [0.25, 0.3) is 0 Å². The summed E-state index contributed by atoms with van der Waals surface area (Å²) < 4.78 is 0. The Balaban J connectivity index is 1.95. The molecule has 2 rings (SSSR count). The van der Waals surface area contributed by atoms with E-state index in [4.69, 9.17) is 0 Å². The molecule has 0 unspecified atom stereocenters. The lowest BCUT2D eigenvalue weighted by molar-refractivity contribution is 0.261. The molecule has 0 aromatic carbocycles. The molecule has 140 valence electrons. The Morgan fingerprint density at radius 2 is 0.708 bits per heavy atom. The monoisotopic (exact) mass is 332 g/mol. The molecule has 0 aliphatic heterocycles. The zero-order valence-electron chi connectivity index (χ0n) is 16.5. The summed E-state index contributed by atoms with van der Waals surface area (Å²) in [5.41, 5.74) is 0.563. The lowest BCUT2D eigenvalue weighted by Gasteiger charge is -2.32. The third kappa shape index (κ3) is 8.72. The van der Waals surface area contributed by atoms with Gasteiger partial charge in [0.15, 0.2) is 0 Å². The largest absolute Gasteiger partial charge is 0.0880 e. The van der Waals surface area contributed by atoms with Gasteiger partial charge < -0.3 is 0 Å². The molecule has 0 nitrogen and oxygen atoms in total. The average Bonchev–Trinajstić information content (AvgIpc) is 2.60. The van der Waals surface area contributed by atoms with E-state index in [0.717, 1.165) is 0 Å². The van der Waals surface area contributed by atoms with Gasteiger partial charge in [-0.1, -0.05) is 115 Å². The van der Waals surface area contributed by atoms with Gasteiger partial charge in [0, 0.05) is 0 Å². The summed E-state index contributed by atoms with van der Waals surface area (Å²) in [6, 6.07) is 0. The third-order valence-electron chi connectivity index (χ3n) is 6.62. The van der Waals surface area contributed by atoms with E-state index in [2.05, 4.69) is 12.2 Å². The van der Waals surface area contributed by atoms with Gasteiger partial charge in [0.2, 0.25) is 0 Å². The Morgan fingerprint density at radius 1 is 0.375 bits per heavy atom. The lowest BCUT2D eigenvalue weighted by Crippen LogP contribution is -2.19. The molecule has 0 heterocycles. The highest BCUT2D eigenvalue weighted by Crippen LogP contribution is 2.39. The van der Waals surface area contributed by atoms with Crippen LogP contribution in [0, 0.1) is 5.41 Å². The van der Waals surface area contributed by atoms with Crippen molar-refractivity contribution in [3.8, 4) is 0 Å². The van der Waals surface area contributed by atoms with Crippen LogP contribution in [0.2, 0.25) is 0 Å². The second-order valence-corrected chi connectivity index (χ2v) is 8.81. The van der Waals surface area contributed by atoms with Gasteiger partial charge in [-0.15, -0.1) is 0 Å². The lowest BCUT2D eigenvalue weighted by atomic mass is 9.73. The summed E-state index contributed by atoms with van der Waals surface area (Å²) >= 11 is 0. The summed E-state index contributed by atoms with van der Waals surface area (Å²) in [6.45, 7) is 0. The average molecular weight is 333 g/mol. The van der Waals surface area contributed by atoms with Crippen molar-refractivity contribution in [2.75, 3.05) is 0 Å². The van der Waals surface area contributed by atoms with E-state index >= 15 is 0 Å². The molecule has 2 aliphatic rings. The molecule has 0 atom stereocenters. The van der Waals surface area contributed by atoms with Crippen LogP contribution in [-0.4, -0.2) is 0 Å². The molecule has 0 saturated heterocycles. The fraction of sp³-hybridized carbons (Fsp3) is 0.917. The smallest absolute Gasteiger partial charge is 0.0118 e. The van der Waals surface area contributed by atoms with Crippen molar-refractivity contribution in [2.45, 2.75) is 135 Å². The first kappa shape index (κ1) is 20.1. The molecular weight excluding hydrogens is 288 g/mol. The van der Waals surface area contributed by atoms with Crippen molar-refractivity contribution < 1.29 is 0 Å². The van der Waals surface area contributed by atoms with Gasteiger partial charge in [-0.05, 0) is 37.5 Å².